The van der Waals surface area contributed by atoms with E-state index in [-0.39, 0.29) is 0 Å². The molecule has 0 spiro atoms. The lowest BCUT2D eigenvalue weighted by molar-refractivity contribution is 0.158. The van der Waals surface area contributed by atoms with Crippen molar-refractivity contribution in [3.05, 3.63) is 16.1 Å². The fraction of sp³-hybridized carbons (Fsp3) is 0.500. The number of anilines is 1. The fourth-order valence-corrected chi connectivity index (χ4v) is 1.32. The molecule has 1 aromatic heterocycles. The van der Waals surface area contributed by atoms with E-state index in [9.17, 15) is 0 Å². The SMILES string of the molecule is CCOCCNc1ncncc1I. The van der Waals surface area contributed by atoms with Crippen molar-refractivity contribution >= 4 is 28.4 Å². The lowest BCUT2D eigenvalue weighted by atomic mass is 10.5. The lowest BCUT2D eigenvalue weighted by Crippen LogP contribution is -2.11. The van der Waals surface area contributed by atoms with Crippen molar-refractivity contribution < 1.29 is 4.74 Å². The van der Waals surface area contributed by atoms with Crippen molar-refractivity contribution in [2.45, 2.75) is 6.92 Å². The van der Waals surface area contributed by atoms with Crippen LogP contribution in [0.3, 0.4) is 0 Å². The Morgan fingerprint density at radius 1 is 1.62 bits per heavy atom. The van der Waals surface area contributed by atoms with Crippen LogP contribution in [-0.2, 0) is 4.74 Å². The zero-order chi connectivity index (χ0) is 9.52. The first-order chi connectivity index (χ1) is 6.34. The highest BCUT2D eigenvalue weighted by Crippen LogP contribution is 2.11. The third kappa shape index (κ3) is 3.86. The molecule has 0 saturated heterocycles. The van der Waals surface area contributed by atoms with Gasteiger partial charge < -0.3 is 10.1 Å². The number of aromatic nitrogens is 2. The minimum atomic E-state index is 0.705. The van der Waals surface area contributed by atoms with Crippen LogP contribution in [0.25, 0.3) is 0 Å². The zero-order valence-corrected chi connectivity index (χ0v) is 9.61. The highest BCUT2D eigenvalue weighted by molar-refractivity contribution is 14.1. The monoisotopic (exact) mass is 293 g/mol. The molecule has 1 rings (SSSR count). The Morgan fingerprint density at radius 2 is 2.46 bits per heavy atom. The van der Waals surface area contributed by atoms with Crippen LogP contribution < -0.4 is 5.32 Å². The molecule has 0 aromatic carbocycles. The summed E-state index contributed by atoms with van der Waals surface area (Å²) in [6.45, 7) is 4.22. The normalized spacial score (nSPS) is 10.0. The van der Waals surface area contributed by atoms with Crippen molar-refractivity contribution in [1.82, 2.24) is 9.97 Å². The molecule has 13 heavy (non-hydrogen) atoms. The van der Waals surface area contributed by atoms with Crippen molar-refractivity contribution in [2.24, 2.45) is 0 Å². The second-order valence-corrected chi connectivity index (χ2v) is 3.51. The second-order valence-electron chi connectivity index (χ2n) is 2.34. The quantitative estimate of drug-likeness (QED) is 0.660. The predicted octanol–water partition coefficient (Wildman–Crippen LogP) is 1.53. The molecule has 0 aliphatic heterocycles. The number of halogens is 1. The molecule has 0 radical (unpaired) electrons. The van der Waals surface area contributed by atoms with Crippen LogP contribution in [-0.4, -0.2) is 29.7 Å². The molecule has 0 saturated carbocycles. The predicted molar refractivity (Wildman–Crippen MR) is 59.7 cm³/mol. The molecule has 5 heteroatoms. The summed E-state index contributed by atoms with van der Waals surface area (Å²) in [5, 5.41) is 3.16. The van der Waals surface area contributed by atoms with Gasteiger partial charge in [0, 0.05) is 19.3 Å². The summed E-state index contributed by atoms with van der Waals surface area (Å²) in [5.41, 5.74) is 0. The highest BCUT2D eigenvalue weighted by Gasteiger charge is 1.97. The first-order valence-corrected chi connectivity index (χ1v) is 5.19. The average Bonchev–Trinajstić information content (AvgIpc) is 2.15. The molecule has 72 valence electrons. The molecule has 0 atom stereocenters. The van der Waals surface area contributed by atoms with E-state index >= 15 is 0 Å². The van der Waals surface area contributed by atoms with Gasteiger partial charge in [-0.1, -0.05) is 0 Å². The molecular weight excluding hydrogens is 281 g/mol. The average molecular weight is 293 g/mol. The van der Waals surface area contributed by atoms with Crippen LogP contribution in [0.2, 0.25) is 0 Å². The van der Waals surface area contributed by atoms with E-state index in [4.69, 9.17) is 4.74 Å². The van der Waals surface area contributed by atoms with E-state index < -0.39 is 0 Å². The van der Waals surface area contributed by atoms with Crippen molar-refractivity contribution in [1.29, 1.82) is 0 Å². The molecule has 0 fully saturated rings. The molecule has 1 heterocycles. The fourth-order valence-electron chi connectivity index (χ4n) is 0.829. The molecule has 0 bridgehead atoms. The Bertz CT molecular complexity index is 257. The van der Waals surface area contributed by atoms with Gasteiger partial charge in [-0.3, -0.25) is 0 Å². The van der Waals surface area contributed by atoms with E-state index in [0.29, 0.717) is 6.61 Å². The van der Waals surface area contributed by atoms with Crippen LogP contribution in [0.1, 0.15) is 6.92 Å². The van der Waals surface area contributed by atoms with Crippen molar-refractivity contribution in [3.8, 4) is 0 Å². The number of rotatable bonds is 5. The third-order valence-electron chi connectivity index (χ3n) is 1.41. The van der Waals surface area contributed by atoms with Gasteiger partial charge in [-0.15, -0.1) is 0 Å². The van der Waals surface area contributed by atoms with E-state index in [2.05, 4.69) is 37.9 Å². The minimum absolute atomic E-state index is 0.705. The summed E-state index contributed by atoms with van der Waals surface area (Å²) >= 11 is 2.19. The molecule has 0 amide bonds. The van der Waals surface area contributed by atoms with Gasteiger partial charge >= 0.3 is 0 Å². The van der Waals surface area contributed by atoms with Gasteiger partial charge in [-0.2, -0.15) is 0 Å². The lowest BCUT2D eigenvalue weighted by Gasteiger charge is -2.05. The van der Waals surface area contributed by atoms with E-state index in [1.54, 1.807) is 6.20 Å². The molecule has 0 unspecified atom stereocenters. The molecular formula is C8H12IN3O. The summed E-state index contributed by atoms with van der Waals surface area (Å²) in [4.78, 5) is 7.99. The standard InChI is InChI=1S/C8H12IN3O/c1-2-13-4-3-11-8-7(9)5-10-6-12-8/h5-6H,2-4H2,1H3,(H,10,11,12). The van der Waals surface area contributed by atoms with Gasteiger partial charge in [0.25, 0.3) is 0 Å². The topological polar surface area (TPSA) is 47.0 Å². The van der Waals surface area contributed by atoms with Crippen LogP contribution >= 0.6 is 22.6 Å². The Morgan fingerprint density at radius 3 is 3.15 bits per heavy atom. The van der Waals surface area contributed by atoms with Crippen molar-refractivity contribution in [3.63, 3.8) is 0 Å². The van der Waals surface area contributed by atoms with Gasteiger partial charge in [-0.05, 0) is 29.5 Å². The van der Waals surface area contributed by atoms with Crippen LogP contribution in [0.15, 0.2) is 12.5 Å². The maximum absolute atomic E-state index is 5.19. The zero-order valence-electron chi connectivity index (χ0n) is 7.46. The first-order valence-electron chi connectivity index (χ1n) is 4.11. The Labute approximate surface area is 91.3 Å². The second kappa shape index (κ2) is 6.09. The highest BCUT2D eigenvalue weighted by atomic mass is 127. The number of ether oxygens (including phenoxy) is 1. The number of hydrogen-bond acceptors (Lipinski definition) is 4. The minimum Gasteiger partial charge on any atom is -0.380 e. The van der Waals surface area contributed by atoms with Crippen LogP contribution in [0.4, 0.5) is 5.82 Å². The van der Waals surface area contributed by atoms with Crippen LogP contribution in [0.5, 0.6) is 0 Å². The largest absolute Gasteiger partial charge is 0.380 e. The molecule has 0 aliphatic rings. The maximum atomic E-state index is 5.19. The summed E-state index contributed by atoms with van der Waals surface area (Å²) in [6, 6.07) is 0. The maximum Gasteiger partial charge on any atom is 0.142 e. The third-order valence-corrected chi connectivity index (χ3v) is 2.20. The Hall–Kier alpha value is -0.430. The Balaban J connectivity index is 2.32. The van der Waals surface area contributed by atoms with E-state index in [1.807, 2.05) is 6.92 Å². The Kier molecular flexibility index (Phi) is 4.99. The van der Waals surface area contributed by atoms with Gasteiger partial charge in [0.1, 0.15) is 12.1 Å². The molecule has 0 aliphatic carbocycles. The number of nitrogens with zero attached hydrogens (tertiary/aromatic N) is 2. The van der Waals surface area contributed by atoms with Gasteiger partial charge in [0.05, 0.1) is 10.2 Å². The smallest absolute Gasteiger partial charge is 0.142 e. The van der Waals surface area contributed by atoms with Crippen LogP contribution in [0, 0.1) is 3.57 Å². The molecule has 1 aromatic rings. The number of hydrogen-bond donors (Lipinski definition) is 1. The van der Waals surface area contributed by atoms with E-state index in [0.717, 1.165) is 22.5 Å². The summed E-state index contributed by atoms with van der Waals surface area (Å²) in [6.07, 6.45) is 3.31. The summed E-state index contributed by atoms with van der Waals surface area (Å²) < 4.78 is 6.21. The first kappa shape index (κ1) is 10.6. The van der Waals surface area contributed by atoms with Crippen molar-refractivity contribution in [2.75, 3.05) is 25.1 Å². The number of nitrogens with one attached hydrogen (secondary N) is 1. The summed E-state index contributed by atoms with van der Waals surface area (Å²) in [5.74, 6) is 0.871. The molecule has 4 nitrogen and oxygen atoms in total. The van der Waals surface area contributed by atoms with Gasteiger partial charge in [0.2, 0.25) is 0 Å². The molecule has 1 N–H and O–H groups in total. The van der Waals surface area contributed by atoms with Gasteiger partial charge in [0.15, 0.2) is 0 Å². The van der Waals surface area contributed by atoms with E-state index in [1.165, 1.54) is 6.33 Å². The van der Waals surface area contributed by atoms with Gasteiger partial charge in [-0.25, -0.2) is 9.97 Å². The summed E-state index contributed by atoms with van der Waals surface area (Å²) in [7, 11) is 0.